The summed E-state index contributed by atoms with van der Waals surface area (Å²) in [5.74, 6) is -0.824. The van der Waals surface area contributed by atoms with Crippen LogP contribution in [0.15, 0.2) is 48.6 Å². The Morgan fingerprint density at radius 2 is 0.731 bits per heavy atom. The van der Waals surface area contributed by atoms with Gasteiger partial charge in [0.1, 0.15) is 19.8 Å². The number of hydrogen-bond acceptors (Lipinski definition) is 8. The highest BCUT2D eigenvalue weighted by atomic mass is 31.2. The van der Waals surface area contributed by atoms with Crippen LogP contribution in [0.5, 0.6) is 0 Å². The number of phosphoric acid groups is 1. The first-order chi connectivity index (χ1) is 38.0. The van der Waals surface area contributed by atoms with E-state index in [1.807, 2.05) is 21.1 Å². The number of unbranched alkanes of at least 4 members (excludes halogenated alkanes) is 40. The third-order valence-electron chi connectivity index (χ3n) is 14.9. The zero-order valence-corrected chi connectivity index (χ0v) is 53.0. The highest BCUT2D eigenvalue weighted by Crippen LogP contribution is 2.38. The van der Waals surface area contributed by atoms with E-state index in [2.05, 4.69) is 62.5 Å². The van der Waals surface area contributed by atoms with Gasteiger partial charge in [-0.15, -0.1) is 0 Å². The number of phosphoric ester groups is 1. The normalized spacial score (nSPS) is 13.5. The molecular formula is C68H128NO8P. The molecule has 458 valence electrons. The van der Waals surface area contributed by atoms with Crippen LogP contribution in [0.3, 0.4) is 0 Å². The fourth-order valence-corrected chi connectivity index (χ4v) is 10.5. The Hall–Kier alpha value is -2.03. The van der Waals surface area contributed by atoms with Crippen molar-refractivity contribution in [2.45, 2.75) is 328 Å². The van der Waals surface area contributed by atoms with E-state index in [1.54, 1.807) is 0 Å². The number of hydrogen-bond donors (Lipinski definition) is 0. The number of esters is 2. The molecule has 0 rings (SSSR count). The molecule has 0 aromatic rings. The van der Waals surface area contributed by atoms with Crippen LogP contribution in [0.2, 0.25) is 0 Å². The summed E-state index contributed by atoms with van der Waals surface area (Å²) in [6, 6.07) is 0. The highest BCUT2D eigenvalue weighted by molar-refractivity contribution is 7.45. The summed E-state index contributed by atoms with van der Waals surface area (Å²) in [7, 11) is 1.17. The lowest BCUT2D eigenvalue weighted by molar-refractivity contribution is -0.870. The van der Waals surface area contributed by atoms with Gasteiger partial charge in [-0.05, 0) is 51.4 Å². The largest absolute Gasteiger partial charge is 0.756 e. The SMILES string of the molecule is CC/C=C\C/C=C\C/C=C\C/C=C\CCCCCCCCCCCCC(=O)OC(COC(=O)CCCCCCCCCCCCCCCCCCCCCCCCCCCCCCCCC)COP(=O)([O-])OCC[N+](C)(C)C. The summed E-state index contributed by atoms with van der Waals surface area (Å²) in [5, 5.41) is 0. The molecule has 0 heterocycles. The topological polar surface area (TPSA) is 111 Å². The van der Waals surface area contributed by atoms with Gasteiger partial charge in [0, 0.05) is 12.8 Å². The van der Waals surface area contributed by atoms with E-state index in [4.69, 9.17) is 18.5 Å². The summed E-state index contributed by atoms with van der Waals surface area (Å²) in [4.78, 5) is 38.0. The van der Waals surface area contributed by atoms with Crippen LogP contribution in [0.1, 0.15) is 322 Å². The minimum absolute atomic E-state index is 0.0311. The van der Waals surface area contributed by atoms with E-state index in [0.717, 1.165) is 70.6 Å². The van der Waals surface area contributed by atoms with Gasteiger partial charge in [-0.1, -0.05) is 306 Å². The maximum absolute atomic E-state index is 12.8. The number of carbonyl (C=O) groups is 2. The van der Waals surface area contributed by atoms with E-state index in [-0.39, 0.29) is 32.0 Å². The van der Waals surface area contributed by atoms with Gasteiger partial charge in [-0.3, -0.25) is 14.2 Å². The average molecular weight is 1120 g/mol. The van der Waals surface area contributed by atoms with Crippen molar-refractivity contribution in [2.24, 2.45) is 0 Å². The first-order valence-corrected chi connectivity index (χ1v) is 34.8. The molecule has 0 spiro atoms. The Bertz CT molecular complexity index is 1460. The summed E-state index contributed by atoms with van der Waals surface area (Å²) in [6.45, 7) is 4.18. The van der Waals surface area contributed by atoms with Crippen LogP contribution in [0, 0.1) is 0 Å². The number of ether oxygens (including phenoxy) is 2. The monoisotopic (exact) mass is 1120 g/mol. The van der Waals surface area contributed by atoms with Crippen LogP contribution < -0.4 is 4.89 Å². The van der Waals surface area contributed by atoms with Crippen LogP contribution in [-0.4, -0.2) is 70.0 Å². The van der Waals surface area contributed by atoms with Crippen LogP contribution in [-0.2, 0) is 32.7 Å². The quantitative estimate of drug-likeness (QED) is 0.0195. The molecule has 9 nitrogen and oxygen atoms in total. The van der Waals surface area contributed by atoms with Gasteiger partial charge in [-0.25, -0.2) is 0 Å². The number of rotatable bonds is 62. The van der Waals surface area contributed by atoms with Crippen molar-refractivity contribution >= 4 is 19.8 Å². The molecule has 2 unspecified atom stereocenters. The van der Waals surface area contributed by atoms with Gasteiger partial charge in [0.25, 0.3) is 7.82 Å². The number of allylic oxidation sites excluding steroid dienone is 8. The van der Waals surface area contributed by atoms with E-state index >= 15 is 0 Å². The lowest BCUT2D eigenvalue weighted by Crippen LogP contribution is -2.37. The fraction of sp³-hybridized carbons (Fsp3) is 0.853. The third-order valence-corrected chi connectivity index (χ3v) is 15.8. The van der Waals surface area contributed by atoms with Gasteiger partial charge in [-0.2, -0.15) is 0 Å². The van der Waals surface area contributed by atoms with Crippen molar-refractivity contribution in [1.82, 2.24) is 0 Å². The average Bonchev–Trinajstić information content (AvgIpc) is 3.40. The number of nitrogens with zero attached hydrogens (tertiary/aromatic N) is 1. The van der Waals surface area contributed by atoms with Crippen LogP contribution in [0.25, 0.3) is 0 Å². The van der Waals surface area contributed by atoms with Crippen molar-refractivity contribution < 1.29 is 42.1 Å². The van der Waals surface area contributed by atoms with Crippen molar-refractivity contribution in [3.05, 3.63) is 48.6 Å². The molecule has 0 aliphatic heterocycles. The molecular weight excluding hydrogens is 990 g/mol. The maximum atomic E-state index is 12.8. The number of likely N-dealkylation sites (N-methyl/N-ethyl adjacent to an activating group) is 1. The van der Waals surface area contributed by atoms with E-state index in [9.17, 15) is 19.0 Å². The molecule has 0 aliphatic carbocycles. The molecule has 78 heavy (non-hydrogen) atoms. The Kier molecular flexibility index (Phi) is 58.0. The van der Waals surface area contributed by atoms with Gasteiger partial charge < -0.3 is 27.9 Å². The minimum Gasteiger partial charge on any atom is -0.756 e. The number of quaternary nitrogens is 1. The molecule has 0 radical (unpaired) electrons. The maximum Gasteiger partial charge on any atom is 0.306 e. The molecule has 2 atom stereocenters. The molecule has 0 aromatic carbocycles. The van der Waals surface area contributed by atoms with Crippen molar-refractivity contribution in [2.75, 3.05) is 47.5 Å². The summed E-state index contributed by atoms with van der Waals surface area (Å²) in [5.41, 5.74) is 0. The van der Waals surface area contributed by atoms with Crippen molar-refractivity contribution in [3.63, 3.8) is 0 Å². The van der Waals surface area contributed by atoms with Crippen LogP contribution in [0.4, 0.5) is 0 Å². The molecule has 0 fully saturated rings. The Morgan fingerprint density at radius 3 is 1.09 bits per heavy atom. The van der Waals surface area contributed by atoms with E-state index in [0.29, 0.717) is 17.4 Å². The fourth-order valence-electron chi connectivity index (χ4n) is 9.77. The molecule has 0 N–H and O–H groups in total. The zero-order valence-electron chi connectivity index (χ0n) is 52.1. The second-order valence-electron chi connectivity index (χ2n) is 23.8. The minimum atomic E-state index is -4.64. The Labute approximate surface area is 484 Å². The molecule has 0 amide bonds. The summed E-state index contributed by atoms with van der Waals surface area (Å²) >= 11 is 0. The molecule has 10 heteroatoms. The Morgan fingerprint density at radius 1 is 0.410 bits per heavy atom. The molecule has 0 saturated carbocycles. The molecule has 0 aliphatic rings. The Balaban J connectivity index is 4.02. The zero-order chi connectivity index (χ0) is 57.0. The lowest BCUT2D eigenvalue weighted by atomic mass is 10.0. The second kappa shape index (κ2) is 59.6. The van der Waals surface area contributed by atoms with Gasteiger partial charge in [0.05, 0.1) is 27.7 Å². The highest BCUT2D eigenvalue weighted by Gasteiger charge is 2.22. The van der Waals surface area contributed by atoms with Gasteiger partial charge >= 0.3 is 11.9 Å². The third kappa shape index (κ3) is 63.2. The van der Waals surface area contributed by atoms with E-state index < -0.39 is 26.5 Å². The predicted octanol–water partition coefficient (Wildman–Crippen LogP) is 20.6. The standard InChI is InChI=1S/C68H128NO8P/c1-6-8-10-12-14-16-18-20-22-24-26-28-30-31-32-33-34-35-36-37-39-40-42-44-46-48-50-52-54-56-58-60-67(70)74-64-66(65-76-78(72,73)75-63-62-69(3,4)5)77-68(71)61-59-57-55-53-51-49-47-45-43-41-38-29-27-25-23-21-19-17-15-13-11-9-7-2/h9,11,15,17,21,23,27,29,66H,6-8,10,12-14,16,18-20,22,24-26,28,30-65H2,1-5H3/b11-9-,17-15-,23-21-,29-27-. The van der Waals surface area contributed by atoms with Crippen molar-refractivity contribution in [1.29, 1.82) is 0 Å². The van der Waals surface area contributed by atoms with E-state index in [1.165, 1.54) is 218 Å². The molecule has 0 bridgehead atoms. The second-order valence-corrected chi connectivity index (χ2v) is 25.2. The first-order valence-electron chi connectivity index (χ1n) is 33.3. The van der Waals surface area contributed by atoms with Gasteiger partial charge in [0.15, 0.2) is 6.10 Å². The summed E-state index contributed by atoms with van der Waals surface area (Å²) < 4.78 is 34.3. The lowest BCUT2D eigenvalue weighted by Gasteiger charge is -2.28. The first kappa shape index (κ1) is 76.0. The predicted molar refractivity (Wildman–Crippen MR) is 333 cm³/mol. The molecule has 0 saturated heterocycles. The van der Waals surface area contributed by atoms with Crippen LogP contribution >= 0.6 is 7.82 Å². The smallest absolute Gasteiger partial charge is 0.306 e. The van der Waals surface area contributed by atoms with Gasteiger partial charge in [0.2, 0.25) is 0 Å². The summed E-state index contributed by atoms with van der Waals surface area (Å²) in [6.07, 6.45) is 76.2. The van der Waals surface area contributed by atoms with Crippen molar-refractivity contribution in [3.8, 4) is 0 Å². The molecule has 0 aromatic heterocycles. The number of carbonyl (C=O) groups excluding carboxylic acids is 2.